The highest BCUT2D eigenvalue weighted by molar-refractivity contribution is 5.90. The quantitative estimate of drug-likeness (QED) is 0.754. The summed E-state index contributed by atoms with van der Waals surface area (Å²) in [5, 5.41) is 0. The fourth-order valence-corrected chi connectivity index (χ4v) is 2.50. The Labute approximate surface area is 146 Å². The van der Waals surface area contributed by atoms with Crippen LogP contribution in [0, 0.1) is 5.41 Å². The van der Waals surface area contributed by atoms with E-state index in [1.165, 1.54) is 0 Å². The molecule has 25 heavy (non-hydrogen) atoms. The number of allylic oxidation sites excluding steroid dienone is 2. The Morgan fingerprint density at radius 3 is 1.48 bits per heavy atom. The lowest BCUT2D eigenvalue weighted by Crippen LogP contribution is -2.30. The van der Waals surface area contributed by atoms with Gasteiger partial charge in [-0.15, -0.1) is 0 Å². The van der Waals surface area contributed by atoms with Gasteiger partial charge in [-0.25, -0.2) is 9.59 Å². The predicted molar refractivity (Wildman–Crippen MR) is 94.2 cm³/mol. The molecule has 0 atom stereocenters. The molecule has 0 amide bonds. The molecule has 0 fully saturated rings. The second kappa shape index (κ2) is 7.62. The average molecular weight is 334 g/mol. The average Bonchev–Trinajstić information content (AvgIpc) is 3.15. The molecule has 126 valence electrons. The van der Waals surface area contributed by atoms with Gasteiger partial charge in [0.05, 0.1) is 16.5 Å². The Morgan fingerprint density at radius 1 is 0.680 bits per heavy atom. The van der Waals surface area contributed by atoms with Gasteiger partial charge in [0.15, 0.2) is 0 Å². The SMILES string of the molecule is O=C(OCC1(COC(=O)c2ccccc2)C=CC=C1)c1ccccc1. The second-order valence-electron chi connectivity index (χ2n) is 5.84. The van der Waals surface area contributed by atoms with Crippen molar-refractivity contribution in [1.82, 2.24) is 0 Å². The summed E-state index contributed by atoms with van der Waals surface area (Å²) in [7, 11) is 0. The minimum absolute atomic E-state index is 0.107. The van der Waals surface area contributed by atoms with E-state index in [-0.39, 0.29) is 13.2 Å². The second-order valence-corrected chi connectivity index (χ2v) is 5.84. The summed E-state index contributed by atoms with van der Waals surface area (Å²) < 4.78 is 10.8. The fourth-order valence-electron chi connectivity index (χ4n) is 2.50. The van der Waals surface area contributed by atoms with Crippen molar-refractivity contribution in [1.29, 1.82) is 0 Å². The molecule has 0 spiro atoms. The minimum Gasteiger partial charge on any atom is -0.461 e. The molecular weight excluding hydrogens is 316 g/mol. The maximum absolute atomic E-state index is 12.1. The van der Waals surface area contributed by atoms with Crippen LogP contribution < -0.4 is 0 Å². The van der Waals surface area contributed by atoms with Gasteiger partial charge < -0.3 is 9.47 Å². The van der Waals surface area contributed by atoms with Gasteiger partial charge in [0, 0.05) is 0 Å². The van der Waals surface area contributed by atoms with Crippen molar-refractivity contribution in [3.63, 3.8) is 0 Å². The van der Waals surface area contributed by atoms with E-state index < -0.39 is 17.4 Å². The van der Waals surface area contributed by atoms with E-state index in [0.29, 0.717) is 11.1 Å². The first-order valence-electron chi connectivity index (χ1n) is 8.00. The zero-order valence-corrected chi connectivity index (χ0v) is 13.6. The van der Waals surface area contributed by atoms with Crippen molar-refractivity contribution in [2.24, 2.45) is 5.41 Å². The number of benzene rings is 2. The van der Waals surface area contributed by atoms with Gasteiger partial charge in [-0.2, -0.15) is 0 Å². The summed E-state index contributed by atoms with van der Waals surface area (Å²) in [5.41, 5.74) is 0.351. The monoisotopic (exact) mass is 334 g/mol. The van der Waals surface area contributed by atoms with Gasteiger partial charge in [-0.1, -0.05) is 60.7 Å². The van der Waals surface area contributed by atoms with Crippen LogP contribution in [0.5, 0.6) is 0 Å². The molecule has 0 aromatic heterocycles. The van der Waals surface area contributed by atoms with E-state index in [4.69, 9.17) is 9.47 Å². The molecule has 1 aliphatic carbocycles. The van der Waals surface area contributed by atoms with Crippen LogP contribution in [-0.4, -0.2) is 25.2 Å². The molecule has 0 aliphatic heterocycles. The largest absolute Gasteiger partial charge is 0.461 e. The van der Waals surface area contributed by atoms with Crippen LogP contribution in [0.1, 0.15) is 20.7 Å². The van der Waals surface area contributed by atoms with E-state index in [1.807, 2.05) is 36.4 Å². The van der Waals surface area contributed by atoms with Crippen LogP contribution in [0.15, 0.2) is 85.0 Å². The van der Waals surface area contributed by atoms with Gasteiger partial charge in [0.1, 0.15) is 13.2 Å². The van der Waals surface area contributed by atoms with Gasteiger partial charge in [0.2, 0.25) is 0 Å². The van der Waals surface area contributed by atoms with E-state index in [9.17, 15) is 9.59 Å². The summed E-state index contributed by atoms with van der Waals surface area (Å²) in [6.07, 6.45) is 7.46. The van der Waals surface area contributed by atoms with Gasteiger partial charge >= 0.3 is 11.9 Å². The Hall–Kier alpha value is -3.14. The minimum atomic E-state index is -0.630. The van der Waals surface area contributed by atoms with Crippen LogP contribution in [-0.2, 0) is 9.47 Å². The molecule has 4 nitrogen and oxygen atoms in total. The van der Waals surface area contributed by atoms with E-state index >= 15 is 0 Å². The fraction of sp³-hybridized carbons (Fsp3) is 0.143. The molecule has 0 bridgehead atoms. The number of carbonyl (C=O) groups excluding carboxylic acids is 2. The maximum atomic E-state index is 12.1. The van der Waals surface area contributed by atoms with Crippen molar-refractivity contribution in [2.45, 2.75) is 0 Å². The van der Waals surface area contributed by atoms with E-state index in [2.05, 4.69) is 0 Å². The standard InChI is InChI=1S/C21H18O4/c22-19(17-9-3-1-4-10-17)24-15-21(13-7-8-14-21)16-25-20(23)18-11-5-2-6-12-18/h1-14H,15-16H2. The summed E-state index contributed by atoms with van der Waals surface area (Å²) in [4.78, 5) is 24.3. The lowest BCUT2D eigenvalue weighted by atomic mass is 9.92. The van der Waals surface area contributed by atoms with Gasteiger partial charge in [-0.3, -0.25) is 0 Å². The molecule has 1 aliphatic rings. The Kier molecular flexibility index (Phi) is 5.09. The number of ether oxygens (including phenoxy) is 2. The van der Waals surface area contributed by atoms with Crippen LogP contribution in [0.2, 0.25) is 0 Å². The van der Waals surface area contributed by atoms with Crippen LogP contribution in [0.4, 0.5) is 0 Å². The molecule has 0 unspecified atom stereocenters. The molecule has 4 heteroatoms. The molecule has 0 saturated carbocycles. The lowest BCUT2D eigenvalue weighted by molar-refractivity contribution is 0.0203. The van der Waals surface area contributed by atoms with Crippen molar-refractivity contribution in [2.75, 3.05) is 13.2 Å². The Morgan fingerprint density at radius 2 is 1.08 bits per heavy atom. The number of carbonyl (C=O) groups is 2. The summed E-state index contributed by atoms with van der Waals surface area (Å²) in [5.74, 6) is -0.800. The lowest BCUT2D eigenvalue weighted by Gasteiger charge is -2.24. The van der Waals surface area contributed by atoms with Crippen molar-refractivity contribution in [3.8, 4) is 0 Å². The zero-order valence-electron chi connectivity index (χ0n) is 13.6. The number of hydrogen-bond donors (Lipinski definition) is 0. The summed E-state index contributed by atoms with van der Waals surface area (Å²) in [6.45, 7) is 0.214. The van der Waals surface area contributed by atoms with Crippen LogP contribution in [0.3, 0.4) is 0 Å². The number of hydrogen-bond acceptors (Lipinski definition) is 4. The first-order chi connectivity index (χ1) is 12.2. The molecule has 0 N–H and O–H groups in total. The molecule has 0 saturated heterocycles. The van der Waals surface area contributed by atoms with Gasteiger partial charge in [0.25, 0.3) is 0 Å². The normalized spacial score (nSPS) is 14.2. The predicted octanol–water partition coefficient (Wildman–Crippen LogP) is 3.81. The molecule has 3 rings (SSSR count). The van der Waals surface area contributed by atoms with Gasteiger partial charge in [-0.05, 0) is 24.3 Å². The highest BCUT2D eigenvalue weighted by atomic mass is 16.5. The van der Waals surface area contributed by atoms with Crippen LogP contribution >= 0.6 is 0 Å². The van der Waals surface area contributed by atoms with Crippen molar-refractivity contribution >= 4 is 11.9 Å². The molecule has 0 radical (unpaired) electrons. The highest BCUT2D eigenvalue weighted by Crippen LogP contribution is 2.28. The summed E-state index contributed by atoms with van der Waals surface area (Å²) in [6, 6.07) is 17.6. The Bertz CT molecular complexity index is 722. The third kappa shape index (κ3) is 4.23. The third-order valence-electron chi connectivity index (χ3n) is 3.93. The first-order valence-corrected chi connectivity index (χ1v) is 8.00. The van der Waals surface area contributed by atoms with Crippen molar-refractivity contribution < 1.29 is 19.1 Å². The molecule has 2 aromatic carbocycles. The maximum Gasteiger partial charge on any atom is 0.338 e. The Balaban J connectivity index is 1.60. The van der Waals surface area contributed by atoms with Crippen molar-refractivity contribution in [3.05, 3.63) is 96.1 Å². The third-order valence-corrected chi connectivity index (χ3v) is 3.93. The van der Waals surface area contributed by atoms with E-state index in [1.54, 1.807) is 48.5 Å². The topological polar surface area (TPSA) is 52.6 Å². The smallest absolute Gasteiger partial charge is 0.338 e. The highest BCUT2D eigenvalue weighted by Gasteiger charge is 2.30. The van der Waals surface area contributed by atoms with Crippen LogP contribution in [0.25, 0.3) is 0 Å². The molecule has 0 heterocycles. The zero-order chi connectivity index (χ0) is 17.5. The first kappa shape index (κ1) is 16.7. The summed E-state index contributed by atoms with van der Waals surface area (Å²) >= 11 is 0. The number of esters is 2. The molecule has 2 aromatic rings. The molecular formula is C21H18O4. The number of rotatable bonds is 6. The van der Waals surface area contributed by atoms with E-state index in [0.717, 1.165) is 0 Å².